The van der Waals surface area contributed by atoms with Gasteiger partial charge in [-0.15, -0.1) is 0 Å². The van der Waals surface area contributed by atoms with Gasteiger partial charge in [-0.05, 0) is 86.1 Å². The van der Waals surface area contributed by atoms with Crippen molar-refractivity contribution in [2.45, 2.75) is 27.1 Å². The summed E-state index contributed by atoms with van der Waals surface area (Å²) >= 11 is 0. The van der Waals surface area contributed by atoms with Crippen LogP contribution >= 0.6 is 0 Å². The Bertz CT molecular complexity index is 1870. The summed E-state index contributed by atoms with van der Waals surface area (Å²) in [5, 5.41) is 15.7. The van der Waals surface area contributed by atoms with Crippen molar-refractivity contribution in [1.29, 1.82) is 0 Å². The molecule has 1 amide bonds. The van der Waals surface area contributed by atoms with Crippen molar-refractivity contribution in [2.75, 3.05) is 6.79 Å². The molecule has 0 fully saturated rings. The van der Waals surface area contributed by atoms with E-state index in [0.717, 1.165) is 22.6 Å². The first-order valence-corrected chi connectivity index (χ1v) is 13.9. The molecule has 12 heteroatoms. The number of carbonyl (C=O) groups is 1. The fourth-order valence-corrected chi connectivity index (χ4v) is 4.85. The predicted molar refractivity (Wildman–Crippen MR) is 163 cm³/mol. The van der Waals surface area contributed by atoms with E-state index in [2.05, 4.69) is 41.1 Å². The summed E-state index contributed by atoms with van der Waals surface area (Å²) in [7, 11) is 0. The molecule has 0 spiro atoms. The van der Waals surface area contributed by atoms with Crippen molar-refractivity contribution in [1.82, 2.24) is 9.99 Å². The maximum absolute atomic E-state index is 12.7. The van der Waals surface area contributed by atoms with Gasteiger partial charge in [0.15, 0.2) is 17.3 Å². The molecule has 0 saturated carbocycles. The zero-order valence-corrected chi connectivity index (χ0v) is 24.4. The molecule has 0 bridgehead atoms. The molecule has 228 valence electrons. The number of benzene rings is 3. The summed E-state index contributed by atoms with van der Waals surface area (Å²) in [6.07, 6.45) is 1.27. The number of nitro groups is 1. The Morgan fingerprint density at radius 1 is 0.956 bits per heavy atom. The monoisotopic (exact) mass is 608 g/mol. The third-order valence-electron chi connectivity index (χ3n) is 7.04. The maximum Gasteiger partial charge on any atom is 0.311 e. The van der Waals surface area contributed by atoms with Crippen LogP contribution in [0.1, 0.15) is 38.8 Å². The number of nitrogens with one attached hydrogen (secondary N) is 1. The Labute approximate surface area is 257 Å². The molecule has 6 rings (SSSR count). The highest BCUT2D eigenvalue weighted by Crippen LogP contribution is 2.34. The molecule has 2 aromatic heterocycles. The lowest BCUT2D eigenvalue weighted by Gasteiger charge is -2.10. The number of aromatic nitrogens is 1. The van der Waals surface area contributed by atoms with Crippen LogP contribution < -0.4 is 24.4 Å². The second-order valence-electron chi connectivity index (χ2n) is 10.1. The second-order valence-corrected chi connectivity index (χ2v) is 10.1. The van der Waals surface area contributed by atoms with E-state index in [-0.39, 0.29) is 37.2 Å². The molecule has 5 aromatic rings. The number of fused-ring (bicyclic) bond motifs is 1. The lowest BCUT2D eigenvalue weighted by molar-refractivity contribution is -0.385. The normalized spacial score (nSPS) is 12.0. The molecule has 0 radical (unpaired) electrons. The van der Waals surface area contributed by atoms with Crippen molar-refractivity contribution >= 4 is 17.8 Å². The Kier molecular flexibility index (Phi) is 8.18. The van der Waals surface area contributed by atoms with E-state index >= 15 is 0 Å². The molecule has 1 aliphatic rings. The number of nitrogens with zero attached hydrogens (tertiary/aromatic N) is 3. The van der Waals surface area contributed by atoms with E-state index < -0.39 is 10.8 Å². The van der Waals surface area contributed by atoms with Gasteiger partial charge in [-0.2, -0.15) is 5.10 Å². The van der Waals surface area contributed by atoms with Crippen molar-refractivity contribution in [3.8, 4) is 28.7 Å². The average molecular weight is 609 g/mol. The number of nitro benzene ring substituents is 1. The molecule has 0 unspecified atom stereocenters. The number of para-hydroxylation sites is 1. The summed E-state index contributed by atoms with van der Waals surface area (Å²) in [4.78, 5) is 23.8. The second kappa shape index (κ2) is 12.7. The van der Waals surface area contributed by atoms with Crippen LogP contribution in [0.25, 0.3) is 5.69 Å². The van der Waals surface area contributed by atoms with E-state index in [9.17, 15) is 14.9 Å². The van der Waals surface area contributed by atoms with Gasteiger partial charge in [-0.25, -0.2) is 5.43 Å². The van der Waals surface area contributed by atoms with E-state index in [4.69, 9.17) is 23.4 Å². The molecule has 45 heavy (non-hydrogen) atoms. The Morgan fingerprint density at radius 3 is 2.51 bits per heavy atom. The number of amides is 1. The van der Waals surface area contributed by atoms with Crippen LogP contribution in [0.5, 0.6) is 23.0 Å². The van der Waals surface area contributed by atoms with Crippen LogP contribution in [0, 0.1) is 24.0 Å². The zero-order chi connectivity index (χ0) is 31.3. The summed E-state index contributed by atoms with van der Waals surface area (Å²) in [5.41, 5.74) is 6.48. The first-order chi connectivity index (χ1) is 21.9. The van der Waals surface area contributed by atoms with Gasteiger partial charge in [-0.1, -0.05) is 12.1 Å². The molecule has 0 atom stereocenters. The topological polar surface area (TPSA) is 140 Å². The highest BCUT2D eigenvalue weighted by Gasteiger charge is 2.20. The van der Waals surface area contributed by atoms with Gasteiger partial charge in [0, 0.05) is 28.7 Å². The van der Waals surface area contributed by atoms with E-state index in [1.165, 1.54) is 24.4 Å². The van der Waals surface area contributed by atoms with Crippen LogP contribution in [0.3, 0.4) is 0 Å². The van der Waals surface area contributed by atoms with Crippen LogP contribution in [0.2, 0.25) is 0 Å². The van der Waals surface area contributed by atoms with Gasteiger partial charge in [-0.3, -0.25) is 14.9 Å². The number of carbonyl (C=O) groups excluding carboxylic acids is 1. The first kappa shape index (κ1) is 29.1. The number of hydrogen-bond acceptors (Lipinski definition) is 9. The van der Waals surface area contributed by atoms with E-state index in [1.807, 2.05) is 24.3 Å². The lowest BCUT2D eigenvalue weighted by Crippen LogP contribution is -2.17. The molecule has 1 aliphatic heterocycles. The third kappa shape index (κ3) is 6.49. The number of rotatable bonds is 11. The number of furan rings is 1. The minimum Gasteiger partial charge on any atom is -0.486 e. The molecular formula is C33H28N4O8. The Morgan fingerprint density at radius 2 is 1.73 bits per heavy atom. The SMILES string of the molecule is Cc1ccc(C)n1-c1ccc(OCc2ccc(C(=O)N/N=C/c3cccc([N+](=O)[O-])c3OCc3ccc4c(c3)OCO4)o2)cc1. The van der Waals surface area contributed by atoms with Crippen molar-refractivity contribution in [2.24, 2.45) is 5.10 Å². The number of hydrogen-bond donors (Lipinski definition) is 1. The minimum absolute atomic E-state index is 0.00209. The summed E-state index contributed by atoms with van der Waals surface area (Å²) < 4.78 is 30.2. The van der Waals surface area contributed by atoms with Gasteiger partial charge in [0.05, 0.1) is 11.1 Å². The average Bonchev–Trinajstić information content (AvgIpc) is 3.79. The molecule has 3 aromatic carbocycles. The smallest absolute Gasteiger partial charge is 0.311 e. The van der Waals surface area contributed by atoms with Gasteiger partial charge < -0.3 is 27.9 Å². The highest BCUT2D eigenvalue weighted by atomic mass is 16.7. The molecule has 12 nitrogen and oxygen atoms in total. The van der Waals surface area contributed by atoms with Crippen LogP contribution in [0.4, 0.5) is 5.69 Å². The number of ether oxygens (including phenoxy) is 4. The Hall–Kier alpha value is -6.04. The van der Waals surface area contributed by atoms with Crippen LogP contribution in [-0.4, -0.2) is 28.4 Å². The fraction of sp³-hybridized carbons (Fsp3) is 0.152. The van der Waals surface area contributed by atoms with Gasteiger partial charge in [0.25, 0.3) is 0 Å². The van der Waals surface area contributed by atoms with E-state index in [0.29, 0.717) is 28.6 Å². The summed E-state index contributed by atoms with van der Waals surface area (Å²) in [5.74, 6) is 1.72. The maximum atomic E-state index is 12.7. The predicted octanol–water partition coefficient (Wildman–Crippen LogP) is 6.25. The fourth-order valence-electron chi connectivity index (χ4n) is 4.85. The molecule has 0 aliphatic carbocycles. The molecule has 1 N–H and O–H groups in total. The van der Waals surface area contributed by atoms with Crippen LogP contribution in [-0.2, 0) is 13.2 Å². The molecule has 3 heterocycles. The highest BCUT2D eigenvalue weighted by molar-refractivity contribution is 5.93. The van der Waals surface area contributed by atoms with Gasteiger partial charge in [0.2, 0.25) is 12.5 Å². The lowest BCUT2D eigenvalue weighted by atomic mass is 10.1. The van der Waals surface area contributed by atoms with Crippen molar-refractivity contribution in [3.05, 3.63) is 129 Å². The largest absolute Gasteiger partial charge is 0.486 e. The number of hydrazone groups is 1. The quantitative estimate of drug-likeness (QED) is 0.106. The van der Waals surface area contributed by atoms with Crippen LogP contribution in [0.15, 0.2) is 94.4 Å². The van der Waals surface area contributed by atoms with E-state index in [1.54, 1.807) is 30.3 Å². The Balaban J connectivity index is 1.06. The number of aryl methyl sites for hydroxylation is 2. The molecule has 0 saturated heterocycles. The van der Waals surface area contributed by atoms with Crippen molar-refractivity contribution < 1.29 is 33.1 Å². The summed E-state index contributed by atoms with van der Waals surface area (Å²) in [6.45, 7) is 4.39. The summed E-state index contributed by atoms with van der Waals surface area (Å²) in [6, 6.07) is 24.7. The standard InChI is InChI=1S/C33H28N4O8/c1-21-6-7-22(2)36(21)25-9-11-26(12-10-25)41-19-27-13-15-30(45-27)33(38)35-34-17-24-4-3-5-28(37(39)40)32(24)42-18-23-8-14-29-31(16-23)44-20-43-29/h3-17H,18-20H2,1-2H3,(H,35,38)/b34-17+. The third-order valence-corrected chi connectivity index (χ3v) is 7.04. The zero-order valence-electron chi connectivity index (χ0n) is 24.4. The molecular weight excluding hydrogens is 580 g/mol. The van der Waals surface area contributed by atoms with Gasteiger partial charge in [0.1, 0.15) is 24.7 Å². The van der Waals surface area contributed by atoms with Gasteiger partial charge >= 0.3 is 11.6 Å². The van der Waals surface area contributed by atoms with Crippen molar-refractivity contribution in [3.63, 3.8) is 0 Å². The first-order valence-electron chi connectivity index (χ1n) is 13.9. The minimum atomic E-state index is -0.604.